The number of carbonyl (C=O) groups excluding carboxylic acids is 9. The first-order valence-electron chi connectivity index (χ1n) is 32.0. The van der Waals surface area contributed by atoms with Crippen molar-refractivity contribution in [1.29, 1.82) is 0 Å². The normalized spacial score (nSPS) is 10.1. The van der Waals surface area contributed by atoms with Crippen LogP contribution < -0.4 is 42.6 Å². The highest BCUT2D eigenvalue weighted by molar-refractivity contribution is 5.95. The van der Waals surface area contributed by atoms with Crippen molar-refractivity contribution >= 4 is 64.5 Å². The zero-order valence-electron chi connectivity index (χ0n) is 60.2. The van der Waals surface area contributed by atoms with Crippen LogP contribution in [0.5, 0.6) is 51.7 Å². The number of esters is 9. The van der Waals surface area contributed by atoms with Crippen LogP contribution in [0.4, 0.5) is 0 Å². The number of benzene rings is 8. The fourth-order valence-corrected chi connectivity index (χ4v) is 8.39. The van der Waals surface area contributed by atoms with E-state index in [1.807, 2.05) is 74.5 Å². The van der Waals surface area contributed by atoms with Crippen molar-refractivity contribution < 1.29 is 85.8 Å². The number of ether oxygens (including phenoxy) is 9. The van der Waals surface area contributed by atoms with E-state index in [9.17, 15) is 43.2 Å². The van der Waals surface area contributed by atoms with Crippen LogP contribution in [-0.2, 0) is 56.0 Å². The summed E-state index contributed by atoms with van der Waals surface area (Å²) < 4.78 is 47.0. The molecule has 0 spiro atoms. The maximum Gasteiger partial charge on any atom is 0.338 e. The van der Waals surface area contributed by atoms with Gasteiger partial charge in [-0.2, -0.15) is 0 Å². The Morgan fingerprint density at radius 3 is 0.875 bits per heavy atom. The van der Waals surface area contributed by atoms with Crippen LogP contribution in [-0.4, -0.2) is 53.7 Å². The molecule has 0 atom stereocenters. The average molecular weight is 1400 g/mol. The first-order valence-corrected chi connectivity index (χ1v) is 32.0. The monoisotopic (exact) mass is 1400 g/mol. The molecule has 0 fully saturated rings. The first-order chi connectivity index (χ1) is 49.0. The van der Waals surface area contributed by atoms with E-state index in [-0.39, 0.29) is 22.6 Å². The summed E-state index contributed by atoms with van der Waals surface area (Å²) in [6, 6.07) is 47.9. The summed E-state index contributed by atoms with van der Waals surface area (Å²) in [6.07, 6.45) is 1.21. The van der Waals surface area contributed by atoms with E-state index in [0.717, 1.165) is 55.3 Å². The standard InChI is InChI=1S/C25H24O6.2C21H20O4.C19H18O4/c1-15(2)23(26)29-20-10-7-18(8-11-20)13-19-9-12-21(30-24(27)16(3)4)22(14-19)31-25(28)17(5)6;1-14(2)20(22)24-18-9-5-16(6-10-18)13-17-7-11-19(12-8-17)25-21(23)15(3)4;1-13(2)20(22)24-17-8-6-16(7-9-17)19-11-10-18(12-15(19)5)25-21(23)14(3)4;1-11(2)18(20)22-15-7-6-14-9-16(23-19(21)12(3)4)8-13(5)17(14)10-15/h7-12,14H,1,3,5,13H2,2,4,6H3;5-12H,1,3,13H2,2,4H3;6-12H,1,3H2,2,4-5H3;6-10H,1,3H2,2,4-5H3. The van der Waals surface area contributed by atoms with Crippen molar-refractivity contribution in [3.05, 3.63) is 307 Å². The third-order valence-electron chi connectivity index (χ3n) is 14.1. The summed E-state index contributed by atoms with van der Waals surface area (Å²) >= 11 is 0. The van der Waals surface area contributed by atoms with Crippen molar-refractivity contribution in [2.45, 2.75) is 89.0 Å². The number of aryl methyl sites for hydroxylation is 2. The third-order valence-corrected chi connectivity index (χ3v) is 14.1. The summed E-state index contributed by atoms with van der Waals surface area (Å²) in [7, 11) is 0. The number of fused-ring (bicyclic) bond motifs is 1. The van der Waals surface area contributed by atoms with Gasteiger partial charge in [0.2, 0.25) is 0 Å². The first kappa shape index (κ1) is 81.6. The van der Waals surface area contributed by atoms with E-state index in [1.54, 1.807) is 152 Å². The highest BCUT2D eigenvalue weighted by Gasteiger charge is 2.18. The van der Waals surface area contributed by atoms with Gasteiger partial charge in [0.25, 0.3) is 0 Å². The van der Waals surface area contributed by atoms with Gasteiger partial charge in [-0.15, -0.1) is 0 Å². The fourth-order valence-electron chi connectivity index (χ4n) is 8.39. The largest absolute Gasteiger partial charge is 0.423 e. The van der Waals surface area contributed by atoms with Gasteiger partial charge in [0.1, 0.15) is 40.2 Å². The molecule has 8 rings (SSSR count). The predicted octanol–water partition coefficient (Wildman–Crippen LogP) is 17.7. The van der Waals surface area contributed by atoms with E-state index >= 15 is 0 Å². The molecule has 0 aliphatic heterocycles. The Morgan fingerprint density at radius 1 is 0.250 bits per heavy atom. The molecule has 0 aliphatic rings. The van der Waals surface area contributed by atoms with Gasteiger partial charge < -0.3 is 42.6 Å². The van der Waals surface area contributed by atoms with Gasteiger partial charge in [0, 0.05) is 50.2 Å². The highest BCUT2D eigenvalue weighted by Crippen LogP contribution is 2.33. The molecule has 0 radical (unpaired) electrons. The molecule has 0 saturated heterocycles. The molecule has 0 saturated carbocycles. The molecule has 0 N–H and O–H groups in total. The molecule has 104 heavy (non-hydrogen) atoms. The molecule has 0 aliphatic carbocycles. The van der Waals surface area contributed by atoms with Crippen molar-refractivity contribution in [1.82, 2.24) is 0 Å². The lowest BCUT2D eigenvalue weighted by atomic mass is 10.0. The Labute approximate surface area is 605 Å². The zero-order valence-corrected chi connectivity index (χ0v) is 60.2. The molecule has 18 nitrogen and oxygen atoms in total. The second-order valence-electron chi connectivity index (χ2n) is 24.2. The zero-order chi connectivity index (χ0) is 77.2. The molecule has 0 bridgehead atoms. The van der Waals surface area contributed by atoms with Gasteiger partial charge in [-0.05, 0) is 241 Å². The third kappa shape index (κ3) is 26.2. The highest BCUT2D eigenvalue weighted by atomic mass is 16.6. The molecule has 0 amide bonds. The minimum atomic E-state index is -0.631. The minimum Gasteiger partial charge on any atom is -0.423 e. The SMILES string of the molecule is C=C(C)C(=O)Oc1cc(C)c2cc(OC(=O)C(=C)C)ccc2c1.C=C(C)C(=O)Oc1ccc(-c2ccc(OC(=O)C(=C)C)cc2C)cc1.C=C(C)C(=O)Oc1ccc(Cc2ccc(OC(=O)C(=C)C)c(OC(=O)C(=C)C)c2)cc1.C=C(C)C(=O)Oc1ccc(Cc2ccc(OC(=O)C(=C)C)cc2)cc1. The molecule has 0 aromatic heterocycles. The van der Waals surface area contributed by atoms with E-state index in [0.29, 0.717) is 92.1 Å². The molecular formula is C86H82O18. The maximum atomic E-state index is 12.0. The molecule has 8 aromatic rings. The molecule has 0 heterocycles. The van der Waals surface area contributed by atoms with Gasteiger partial charge in [-0.3, -0.25) is 0 Å². The Kier molecular flexibility index (Phi) is 30.2. The number of rotatable bonds is 23. The molecule has 8 aromatic carbocycles. The number of hydrogen-bond donors (Lipinski definition) is 0. The lowest BCUT2D eigenvalue weighted by Crippen LogP contribution is -2.13. The second-order valence-corrected chi connectivity index (χ2v) is 24.2. The average Bonchev–Trinajstić information content (AvgIpc) is 0.808. The van der Waals surface area contributed by atoms with Crippen LogP contribution >= 0.6 is 0 Å². The van der Waals surface area contributed by atoms with Crippen LogP contribution in [0.25, 0.3) is 21.9 Å². The van der Waals surface area contributed by atoms with E-state index in [2.05, 4.69) is 59.2 Å². The van der Waals surface area contributed by atoms with Gasteiger partial charge in [0.05, 0.1) is 0 Å². The van der Waals surface area contributed by atoms with Gasteiger partial charge >= 0.3 is 53.7 Å². The predicted molar refractivity (Wildman–Crippen MR) is 401 cm³/mol. The lowest BCUT2D eigenvalue weighted by Gasteiger charge is -2.13. The van der Waals surface area contributed by atoms with Crippen molar-refractivity contribution in [3.63, 3.8) is 0 Å². The number of hydrogen-bond acceptors (Lipinski definition) is 18. The lowest BCUT2D eigenvalue weighted by molar-refractivity contribution is -0.132. The van der Waals surface area contributed by atoms with Gasteiger partial charge in [0.15, 0.2) is 11.5 Å². The van der Waals surface area contributed by atoms with Gasteiger partial charge in [-0.1, -0.05) is 126 Å². The van der Waals surface area contributed by atoms with Crippen LogP contribution in [0.2, 0.25) is 0 Å². The topological polar surface area (TPSA) is 237 Å². The maximum absolute atomic E-state index is 12.0. The van der Waals surface area contributed by atoms with Crippen LogP contribution in [0.1, 0.15) is 95.7 Å². The Hall–Kier alpha value is -13.1. The smallest absolute Gasteiger partial charge is 0.338 e. The van der Waals surface area contributed by atoms with Crippen molar-refractivity contribution in [2.24, 2.45) is 0 Å². The minimum absolute atomic E-state index is 0.104. The van der Waals surface area contributed by atoms with Crippen molar-refractivity contribution in [2.75, 3.05) is 0 Å². The van der Waals surface area contributed by atoms with Crippen LogP contribution in [0.15, 0.2) is 273 Å². The quantitative estimate of drug-likeness (QED) is 0.0329. The van der Waals surface area contributed by atoms with Crippen molar-refractivity contribution in [3.8, 4) is 62.9 Å². The summed E-state index contributed by atoms with van der Waals surface area (Å²) in [5.41, 5.74) is 10.5. The fraction of sp³-hybridized carbons (Fsp3) is 0.151. The summed E-state index contributed by atoms with van der Waals surface area (Å²) in [6.45, 7) is 50.0. The summed E-state index contributed by atoms with van der Waals surface area (Å²) in [5.74, 6) is -1.02. The molecule has 0 unspecified atom stereocenters. The van der Waals surface area contributed by atoms with E-state index < -0.39 is 53.7 Å². The number of carbonyl (C=O) groups is 9. The molecule has 18 heteroatoms. The Bertz CT molecular complexity index is 4660. The Morgan fingerprint density at radius 2 is 0.519 bits per heavy atom. The summed E-state index contributed by atoms with van der Waals surface area (Å²) in [5, 5.41) is 1.79. The second kappa shape index (κ2) is 38.5. The summed E-state index contributed by atoms with van der Waals surface area (Å²) in [4.78, 5) is 105. The Balaban J connectivity index is 0.000000251. The van der Waals surface area contributed by atoms with Crippen LogP contribution in [0.3, 0.4) is 0 Å². The molecular weight excluding hydrogens is 1320 g/mol. The van der Waals surface area contributed by atoms with E-state index in [4.69, 9.17) is 42.6 Å². The van der Waals surface area contributed by atoms with E-state index in [1.165, 1.54) is 13.8 Å². The molecule has 534 valence electrons. The van der Waals surface area contributed by atoms with Crippen LogP contribution in [0, 0.1) is 13.8 Å². The van der Waals surface area contributed by atoms with Gasteiger partial charge in [-0.25, -0.2) is 43.2 Å².